The highest BCUT2D eigenvalue weighted by Gasteiger charge is 2.32. The molecule has 2 aliphatic rings. The van der Waals surface area contributed by atoms with E-state index in [-0.39, 0.29) is 22.9 Å². The normalized spacial score (nSPS) is 22.2. The highest BCUT2D eigenvalue weighted by molar-refractivity contribution is 8.26. The van der Waals surface area contributed by atoms with Crippen LogP contribution in [0.5, 0.6) is 5.75 Å². The molecule has 128 valence electrons. The van der Waals surface area contributed by atoms with E-state index < -0.39 is 15.9 Å². The molecule has 0 aromatic heterocycles. The average Bonchev–Trinajstić information content (AvgIpc) is 2.96. The fraction of sp³-hybridized carbons (Fsp3) is 0.333. The van der Waals surface area contributed by atoms with Gasteiger partial charge in [-0.1, -0.05) is 30.0 Å². The van der Waals surface area contributed by atoms with Gasteiger partial charge in [-0.05, 0) is 36.3 Å². The fourth-order valence-corrected chi connectivity index (χ4v) is 4.29. The monoisotopic (exact) mass is 384 g/mol. The molecule has 3 rings (SSSR count). The minimum absolute atomic E-state index is 0.141. The van der Waals surface area contributed by atoms with E-state index >= 15 is 0 Å². The molecule has 0 bridgehead atoms. The highest BCUT2D eigenvalue weighted by atomic mass is 32.2. The van der Waals surface area contributed by atoms with Crippen LogP contribution in [0.15, 0.2) is 23.1 Å². The molecular weight excluding hydrogens is 370 g/mol. The molecule has 2 aliphatic heterocycles. The molecule has 1 aromatic rings. The molecule has 6 nitrogen and oxygen atoms in total. The number of fused-ring (bicyclic) bond motifs is 1. The molecule has 0 unspecified atom stereocenters. The molecule has 9 heteroatoms. The summed E-state index contributed by atoms with van der Waals surface area (Å²) in [4.78, 5) is 13.9. The van der Waals surface area contributed by atoms with Crippen molar-refractivity contribution >= 4 is 50.4 Å². The van der Waals surface area contributed by atoms with Gasteiger partial charge in [0.1, 0.15) is 16.2 Å². The molecule has 2 heterocycles. The van der Waals surface area contributed by atoms with Crippen molar-refractivity contribution in [1.82, 2.24) is 4.90 Å². The maximum absolute atomic E-state index is 12.4. The molecule has 0 spiro atoms. The van der Waals surface area contributed by atoms with Crippen LogP contribution in [0, 0.1) is 0 Å². The van der Waals surface area contributed by atoms with E-state index in [1.807, 2.05) is 25.1 Å². The molecule has 24 heavy (non-hydrogen) atoms. The molecular formula is C15H14NO5S3-. The predicted molar refractivity (Wildman–Crippen MR) is 94.7 cm³/mol. The Morgan fingerprint density at radius 3 is 2.96 bits per heavy atom. The Morgan fingerprint density at radius 2 is 2.25 bits per heavy atom. The standard InChI is InChI=1S/C15H15NO5S3/c1-9-6-11-7-10(2-3-12(11)21-9)8-13-14(17)16(15(22)23-13)4-5-24(18,19)20/h2-3,7-9H,4-6H2,1H3,(H,18,19,20)/p-1/b13-8+/t9-/m1/s1. The number of thiocarbonyl (C=S) groups is 1. The summed E-state index contributed by atoms with van der Waals surface area (Å²) in [6.07, 6.45) is 2.68. The van der Waals surface area contributed by atoms with Gasteiger partial charge in [0.2, 0.25) is 0 Å². The van der Waals surface area contributed by atoms with Crippen molar-refractivity contribution in [2.45, 2.75) is 19.4 Å². The van der Waals surface area contributed by atoms with Gasteiger partial charge in [-0.25, -0.2) is 8.42 Å². The van der Waals surface area contributed by atoms with Gasteiger partial charge in [-0.2, -0.15) is 0 Å². The van der Waals surface area contributed by atoms with E-state index in [1.165, 1.54) is 0 Å². The van der Waals surface area contributed by atoms with Gasteiger partial charge in [0, 0.05) is 13.0 Å². The zero-order valence-electron chi connectivity index (χ0n) is 12.7. The van der Waals surface area contributed by atoms with Crippen molar-refractivity contribution in [3.8, 4) is 5.75 Å². The maximum Gasteiger partial charge on any atom is 0.266 e. The topological polar surface area (TPSA) is 86.7 Å². The summed E-state index contributed by atoms with van der Waals surface area (Å²) in [6, 6.07) is 5.69. The average molecular weight is 384 g/mol. The number of nitrogens with zero attached hydrogens (tertiary/aromatic N) is 1. The number of hydrogen-bond acceptors (Lipinski definition) is 7. The van der Waals surface area contributed by atoms with Crippen molar-refractivity contribution in [1.29, 1.82) is 0 Å². The van der Waals surface area contributed by atoms with E-state index in [0.29, 0.717) is 4.91 Å². The minimum atomic E-state index is -4.39. The second-order valence-corrected chi connectivity index (χ2v) is 8.79. The van der Waals surface area contributed by atoms with Gasteiger partial charge in [0.25, 0.3) is 5.91 Å². The van der Waals surface area contributed by atoms with Crippen molar-refractivity contribution < 1.29 is 22.5 Å². The molecule has 1 saturated heterocycles. The van der Waals surface area contributed by atoms with E-state index in [4.69, 9.17) is 17.0 Å². The van der Waals surface area contributed by atoms with Crippen LogP contribution >= 0.6 is 24.0 Å². The Bertz CT molecular complexity index is 847. The first-order valence-electron chi connectivity index (χ1n) is 7.21. The lowest BCUT2D eigenvalue weighted by Crippen LogP contribution is -2.32. The first-order valence-corrected chi connectivity index (χ1v) is 10.0. The van der Waals surface area contributed by atoms with Crippen molar-refractivity contribution in [2.75, 3.05) is 12.3 Å². The molecule has 0 saturated carbocycles. The third-order valence-electron chi connectivity index (χ3n) is 3.66. The summed E-state index contributed by atoms with van der Waals surface area (Å²) >= 11 is 6.21. The van der Waals surface area contributed by atoms with Crippen LogP contribution in [0.3, 0.4) is 0 Å². The maximum atomic E-state index is 12.4. The van der Waals surface area contributed by atoms with Crippen LogP contribution in [0.2, 0.25) is 0 Å². The summed E-state index contributed by atoms with van der Waals surface area (Å²) in [6.45, 7) is 1.78. The van der Waals surface area contributed by atoms with E-state index in [0.717, 1.165) is 40.0 Å². The molecule has 1 atom stereocenters. The number of carbonyl (C=O) groups excluding carboxylic acids is 1. The Balaban J connectivity index is 1.78. The number of benzene rings is 1. The van der Waals surface area contributed by atoms with Crippen LogP contribution in [0.1, 0.15) is 18.1 Å². The molecule has 0 aliphatic carbocycles. The first-order chi connectivity index (χ1) is 11.2. The third kappa shape index (κ3) is 3.80. The second-order valence-electron chi connectivity index (χ2n) is 5.59. The Kier molecular flexibility index (Phi) is 4.69. The van der Waals surface area contributed by atoms with Crippen LogP contribution in [-0.4, -0.2) is 46.5 Å². The zero-order valence-corrected chi connectivity index (χ0v) is 15.2. The number of rotatable bonds is 4. The number of thioether (sulfide) groups is 1. The highest BCUT2D eigenvalue weighted by Crippen LogP contribution is 2.34. The summed E-state index contributed by atoms with van der Waals surface area (Å²) in [5.74, 6) is -0.174. The number of ether oxygens (including phenoxy) is 1. The first kappa shape index (κ1) is 17.4. The molecule has 1 fully saturated rings. The van der Waals surface area contributed by atoms with Crippen LogP contribution in [-0.2, 0) is 21.3 Å². The molecule has 1 amide bonds. The van der Waals surface area contributed by atoms with Crippen molar-refractivity contribution in [3.05, 3.63) is 34.2 Å². The number of amides is 1. The Labute approximate surface area is 149 Å². The number of carbonyl (C=O) groups is 1. The number of hydrogen-bond donors (Lipinski definition) is 0. The van der Waals surface area contributed by atoms with E-state index in [9.17, 15) is 17.8 Å². The lowest BCUT2D eigenvalue weighted by atomic mass is 10.1. The Morgan fingerprint density at radius 1 is 1.50 bits per heavy atom. The third-order valence-corrected chi connectivity index (χ3v) is 5.72. The van der Waals surface area contributed by atoms with Gasteiger partial charge >= 0.3 is 0 Å². The van der Waals surface area contributed by atoms with Crippen LogP contribution in [0.4, 0.5) is 0 Å². The van der Waals surface area contributed by atoms with Crippen LogP contribution < -0.4 is 4.74 Å². The van der Waals surface area contributed by atoms with Gasteiger partial charge < -0.3 is 9.29 Å². The smallest absolute Gasteiger partial charge is 0.266 e. The summed E-state index contributed by atoms with van der Waals surface area (Å²) < 4.78 is 38.1. The second kappa shape index (κ2) is 6.47. The lowest BCUT2D eigenvalue weighted by Gasteiger charge is -2.15. The summed E-state index contributed by atoms with van der Waals surface area (Å²) in [5.41, 5.74) is 1.94. The van der Waals surface area contributed by atoms with Crippen molar-refractivity contribution in [3.63, 3.8) is 0 Å². The summed E-state index contributed by atoms with van der Waals surface area (Å²) in [5, 5.41) is 0. The van der Waals surface area contributed by atoms with Gasteiger partial charge in [0.05, 0.1) is 20.8 Å². The summed E-state index contributed by atoms with van der Waals surface area (Å²) in [7, 11) is -4.39. The largest absolute Gasteiger partial charge is 0.748 e. The fourth-order valence-electron chi connectivity index (χ4n) is 2.58. The molecule has 1 aromatic carbocycles. The van der Waals surface area contributed by atoms with E-state index in [1.54, 1.807) is 6.08 Å². The van der Waals surface area contributed by atoms with Gasteiger partial charge in [0.15, 0.2) is 0 Å². The van der Waals surface area contributed by atoms with Gasteiger partial charge in [-0.15, -0.1) is 0 Å². The van der Waals surface area contributed by atoms with Crippen molar-refractivity contribution in [2.24, 2.45) is 0 Å². The zero-order chi connectivity index (χ0) is 17.5. The van der Waals surface area contributed by atoms with Gasteiger partial charge in [-0.3, -0.25) is 9.69 Å². The predicted octanol–water partition coefficient (Wildman–Crippen LogP) is 1.76. The Hall–Kier alpha value is -1.42. The van der Waals surface area contributed by atoms with E-state index in [2.05, 4.69) is 0 Å². The molecule has 0 radical (unpaired) electrons. The lowest BCUT2D eigenvalue weighted by molar-refractivity contribution is -0.121. The SMILES string of the molecule is C[C@@H]1Cc2cc(/C=C3/SC(=S)N(CCS(=O)(=O)[O-])C3=O)ccc2O1. The minimum Gasteiger partial charge on any atom is -0.748 e. The quantitative estimate of drug-likeness (QED) is 0.444. The van der Waals surface area contributed by atoms with Crippen LogP contribution in [0.25, 0.3) is 6.08 Å². The molecule has 0 N–H and O–H groups in total.